The maximum absolute atomic E-state index is 9.94. The topological polar surface area (TPSA) is 20.2 Å². The third kappa shape index (κ3) is 2.84. The largest absolute Gasteiger partial charge is 0.389 e. The summed E-state index contributed by atoms with van der Waals surface area (Å²) in [6.45, 7) is 6.00. The van der Waals surface area contributed by atoms with Crippen molar-refractivity contribution >= 4 is 27.5 Å². The minimum Gasteiger partial charge on any atom is -0.389 e. The van der Waals surface area contributed by atoms with E-state index in [9.17, 15) is 5.11 Å². The molecule has 1 rings (SSSR count). The SMILES string of the molecule is CC(C)(Cl)C1CCC(C)(O)C(Br)C1. The molecule has 0 aromatic heterocycles. The van der Waals surface area contributed by atoms with Crippen molar-refractivity contribution in [3.05, 3.63) is 0 Å². The van der Waals surface area contributed by atoms with E-state index < -0.39 is 5.60 Å². The van der Waals surface area contributed by atoms with Crippen molar-refractivity contribution in [2.75, 3.05) is 0 Å². The highest BCUT2D eigenvalue weighted by atomic mass is 79.9. The van der Waals surface area contributed by atoms with E-state index >= 15 is 0 Å². The molecule has 1 saturated carbocycles. The highest BCUT2D eigenvalue weighted by Gasteiger charge is 2.41. The molecule has 1 aliphatic carbocycles. The van der Waals surface area contributed by atoms with Crippen LogP contribution in [0.25, 0.3) is 0 Å². The quantitative estimate of drug-likeness (QED) is 0.724. The standard InChI is InChI=1S/C10H18BrClO/c1-9(2,12)7-4-5-10(3,13)8(11)6-7/h7-8,13H,4-6H2,1-3H3. The Morgan fingerprint density at radius 2 is 2.08 bits per heavy atom. The van der Waals surface area contributed by atoms with E-state index in [1.165, 1.54) is 0 Å². The van der Waals surface area contributed by atoms with Crippen LogP contribution in [-0.2, 0) is 0 Å². The Labute approximate surface area is 94.0 Å². The second-order valence-corrected chi connectivity index (χ2v) is 6.94. The number of alkyl halides is 2. The van der Waals surface area contributed by atoms with Crippen LogP contribution in [0.1, 0.15) is 40.0 Å². The van der Waals surface area contributed by atoms with Crippen LogP contribution in [0.3, 0.4) is 0 Å². The lowest BCUT2D eigenvalue weighted by atomic mass is 9.75. The first-order valence-corrected chi connectivity index (χ1v) is 6.08. The summed E-state index contributed by atoms with van der Waals surface area (Å²) in [5, 5.41) is 9.94. The fourth-order valence-electron chi connectivity index (χ4n) is 1.87. The molecule has 0 aromatic carbocycles. The molecule has 0 radical (unpaired) electrons. The summed E-state index contributed by atoms with van der Waals surface area (Å²) >= 11 is 9.80. The van der Waals surface area contributed by atoms with Crippen LogP contribution in [0.15, 0.2) is 0 Å². The molecule has 0 aliphatic heterocycles. The summed E-state index contributed by atoms with van der Waals surface area (Å²) in [7, 11) is 0. The Morgan fingerprint density at radius 3 is 2.46 bits per heavy atom. The highest BCUT2D eigenvalue weighted by Crippen LogP contribution is 2.42. The van der Waals surface area contributed by atoms with E-state index in [4.69, 9.17) is 11.6 Å². The third-order valence-corrected chi connectivity index (χ3v) is 4.80. The van der Waals surface area contributed by atoms with Gasteiger partial charge in [0.1, 0.15) is 0 Å². The lowest BCUT2D eigenvalue weighted by Crippen LogP contribution is -2.44. The Hall–Kier alpha value is 0.730. The molecule has 0 bridgehead atoms. The zero-order valence-electron chi connectivity index (χ0n) is 8.48. The second kappa shape index (κ2) is 3.71. The molecule has 13 heavy (non-hydrogen) atoms. The van der Waals surface area contributed by atoms with Crippen LogP contribution < -0.4 is 0 Å². The van der Waals surface area contributed by atoms with Gasteiger partial charge < -0.3 is 5.11 Å². The van der Waals surface area contributed by atoms with E-state index in [0.29, 0.717) is 5.92 Å². The summed E-state index contributed by atoms with van der Waals surface area (Å²) < 4.78 is 0. The first kappa shape index (κ1) is 11.8. The van der Waals surface area contributed by atoms with Crippen molar-refractivity contribution in [2.24, 2.45) is 5.92 Å². The molecule has 3 atom stereocenters. The molecule has 3 unspecified atom stereocenters. The van der Waals surface area contributed by atoms with Crippen LogP contribution in [0.4, 0.5) is 0 Å². The van der Waals surface area contributed by atoms with Gasteiger partial charge in [-0.3, -0.25) is 0 Å². The van der Waals surface area contributed by atoms with Gasteiger partial charge in [0.2, 0.25) is 0 Å². The van der Waals surface area contributed by atoms with Gasteiger partial charge in [0.25, 0.3) is 0 Å². The normalized spacial score (nSPS) is 42.0. The molecule has 1 aliphatic rings. The summed E-state index contributed by atoms with van der Waals surface area (Å²) in [6, 6.07) is 0. The van der Waals surface area contributed by atoms with Crippen molar-refractivity contribution in [1.82, 2.24) is 0 Å². The second-order valence-electron chi connectivity index (χ2n) is 4.86. The third-order valence-electron chi connectivity index (χ3n) is 3.14. The lowest BCUT2D eigenvalue weighted by Gasteiger charge is -2.41. The first-order valence-electron chi connectivity index (χ1n) is 4.79. The molecule has 3 heteroatoms. The van der Waals surface area contributed by atoms with Crippen LogP contribution in [0.2, 0.25) is 0 Å². The van der Waals surface area contributed by atoms with Crippen LogP contribution in [0, 0.1) is 5.92 Å². The molecule has 0 aromatic rings. The number of aliphatic hydroxyl groups is 1. The minimum atomic E-state index is -0.557. The van der Waals surface area contributed by atoms with Crippen molar-refractivity contribution < 1.29 is 5.11 Å². The van der Waals surface area contributed by atoms with Crippen molar-refractivity contribution in [1.29, 1.82) is 0 Å². The van der Waals surface area contributed by atoms with Crippen molar-refractivity contribution in [2.45, 2.75) is 55.3 Å². The van der Waals surface area contributed by atoms with E-state index in [1.807, 2.05) is 6.92 Å². The minimum absolute atomic E-state index is 0.150. The van der Waals surface area contributed by atoms with Gasteiger partial charge >= 0.3 is 0 Å². The van der Waals surface area contributed by atoms with Gasteiger partial charge in [-0.15, -0.1) is 11.6 Å². The lowest BCUT2D eigenvalue weighted by molar-refractivity contribution is 0.0126. The molecule has 0 spiro atoms. The molecular weight excluding hydrogens is 251 g/mol. The fourth-order valence-corrected chi connectivity index (χ4v) is 2.75. The van der Waals surface area contributed by atoms with Gasteiger partial charge in [0.05, 0.1) is 5.60 Å². The Bertz CT molecular complexity index is 186. The molecule has 0 heterocycles. The number of rotatable bonds is 1. The molecule has 1 nitrogen and oxygen atoms in total. The average Bonchev–Trinajstić information content (AvgIpc) is 1.92. The van der Waals surface area contributed by atoms with Gasteiger partial charge in [0, 0.05) is 9.70 Å². The van der Waals surface area contributed by atoms with Crippen LogP contribution in [0.5, 0.6) is 0 Å². The molecule has 1 N–H and O–H groups in total. The number of hydrogen-bond donors (Lipinski definition) is 1. The molecule has 0 amide bonds. The van der Waals surface area contributed by atoms with Crippen molar-refractivity contribution in [3.8, 4) is 0 Å². The molecule has 78 valence electrons. The predicted molar refractivity (Wildman–Crippen MR) is 60.6 cm³/mol. The van der Waals surface area contributed by atoms with Gasteiger partial charge in [-0.05, 0) is 46.0 Å². The smallest absolute Gasteiger partial charge is 0.0744 e. The molecule has 0 saturated heterocycles. The summed E-state index contributed by atoms with van der Waals surface area (Å²) in [4.78, 5) is 0.0273. The molecule has 1 fully saturated rings. The number of halogens is 2. The van der Waals surface area contributed by atoms with E-state index in [0.717, 1.165) is 19.3 Å². The van der Waals surface area contributed by atoms with Gasteiger partial charge in [0.15, 0.2) is 0 Å². The Morgan fingerprint density at radius 1 is 1.54 bits per heavy atom. The van der Waals surface area contributed by atoms with Crippen LogP contribution >= 0.6 is 27.5 Å². The molecular formula is C10H18BrClO. The summed E-state index contributed by atoms with van der Waals surface area (Å²) in [6.07, 6.45) is 2.82. The van der Waals surface area contributed by atoms with Gasteiger partial charge in [-0.2, -0.15) is 0 Å². The average molecular weight is 270 g/mol. The van der Waals surface area contributed by atoms with Gasteiger partial charge in [-0.1, -0.05) is 15.9 Å². The Balaban J connectivity index is 2.61. The zero-order chi connectivity index (χ0) is 10.3. The van der Waals surface area contributed by atoms with E-state index in [2.05, 4.69) is 29.8 Å². The van der Waals surface area contributed by atoms with Crippen LogP contribution in [-0.4, -0.2) is 20.4 Å². The first-order chi connectivity index (χ1) is 5.73. The fraction of sp³-hybridized carbons (Fsp3) is 1.00. The highest BCUT2D eigenvalue weighted by molar-refractivity contribution is 9.09. The summed E-state index contributed by atoms with van der Waals surface area (Å²) in [5.74, 6) is 0.499. The van der Waals surface area contributed by atoms with E-state index in [1.54, 1.807) is 0 Å². The van der Waals surface area contributed by atoms with E-state index in [-0.39, 0.29) is 9.70 Å². The predicted octanol–water partition coefficient (Wildman–Crippen LogP) is 3.32. The summed E-state index contributed by atoms with van der Waals surface area (Å²) in [5.41, 5.74) is -0.557. The maximum atomic E-state index is 9.94. The van der Waals surface area contributed by atoms with Gasteiger partial charge in [-0.25, -0.2) is 0 Å². The zero-order valence-corrected chi connectivity index (χ0v) is 10.8. The maximum Gasteiger partial charge on any atom is 0.0744 e. The Kier molecular flexibility index (Phi) is 3.37. The van der Waals surface area contributed by atoms with Crippen molar-refractivity contribution in [3.63, 3.8) is 0 Å². The monoisotopic (exact) mass is 268 g/mol. The number of hydrogen-bond acceptors (Lipinski definition) is 1.